The van der Waals surface area contributed by atoms with E-state index in [1.165, 1.54) is 5.56 Å². The van der Waals surface area contributed by atoms with E-state index in [0.717, 1.165) is 16.7 Å². The molecule has 0 amide bonds. The van der Waals surface area contributed by atoms with E-state index in [-0.39, 0.29) is 5.78 Å². The second kappa shape index (κ2) is 5.02. The summed E-state index contributed by atoms with van der Waals surface area (Å²) in [6.45, 7) is 2.07. The number of hydrogen-bond acceptors (Lipinski definition) is 1. The van der Waals surface area contributed by atoms with E-state index in [1.807, 2.05) is 30.3 Å². The highest BCUT2D eigenvalue weighted by molar-refractivity contribution is 9.10. The summed E-state index contributed by atoms with van der Waals surface area (Å²) in [6.07, 6.45) is 4.23. The number of fused-ring (bicyclic) bond motifs is 1. The number of alkyl halides is 1. The van der Waals surface area contributed by atoms with Crippen molar-refractivity contribution in [2.75, 3.05) is 0 Å². The van der Waals surface area contributed by atoms with Crippen LogP contribution in [-0.4, -0.2) is 5.78 Å². The van der Waals surface area contributed by atoms with Gasteiger partial charge in [0.25, 0.3) is 0 Å². The van der Waals surface area contributed by atoms with Crippen molar-refractivity contribution in [2.45, 2.75) is 17.7 Å². The zero-order chi connectivity index (χ0) is 14.2. The fraction of sp³-hybridized carbons (Fsp3) is 0.167. The van der Waals surface area contributed by atoms with Crippen LogP contribution in [0.2, 0.25) is 0 Å². The zero-order valence-electron chi connectivity index (χ0n) is 11.3. The number of hydrogen-bond donors (Lipinski definition) is 0. The number of halogens is 1. The standard InChI is InChI=1S/C18H15BrO/c1-13-6-8-14(9-7-13)12-18(19)16-5-3-2-4-15(16)10-11-17(18)20/h2-11H,12H2,1H3. The van der Waals surface area contributed by atoms with Gasteiger partial charge < -0.3 is 0 Å². The third kappa shape index (κ3) is 2.25. The van der Waals surface area contributed by atoms with Gasteiger partial charge in [-0.25, -0.2) is 0 Å². The molecule has 1 atom stereocenters. The molecule has 0 radical (unpaired) electrons. The molecular formula is C18H15BrO. The van der Waals surface area contributed by atoms with Crippen molar-refractivity contribution in [3.8, 4) is 0 Å². The van der Waals surface area contributed by atoms with Crippen molar-refractivity contribution in [1.29, 1.82) is 0 Å². The van der Waals surface area contributed by atoms with Crippen molar-refractivity contribution < 1.29 is 4.79 Å². The molecule has 0 fully saturated rings. The highest BCUT2D eigenvalue weighted by atomic mass is 79.9. The topological polar surface area (TPSA) is 17.1 Å². The Bertz CT molecular complexity index is 685. The monoisotopic (exact) mass is 326 g/mol. The summed E-state index contributed by atoms with van der Waals surface area (Å²) in [7, 11) is 0. The molecule has 1 aliphatic carbocycles. The first-order valence-electron chi connectivity index (χ1n) is 6.66. The molecular weight excluding hydrogens is 312 g/mol. The van der Waals surface area contributed by atoms with Gasteiger partial charge in [-0.05, 0) is 36.1 Å². The Morgan fingerprint density at radius 1 is 1.00 bits per heavy atom. The molecule has 0 aromatic heterocycles. The highest BCUT2D eigenvalue weighted by Gasteiger charge is 2.39. The average Bonchev–Trinajstić information content (AvgIpc) is 2.46. The van der Waals surface area contributed by atoms with Gasteiger partial charge in [-0.15, -0.1) is 0 Å². The van der Waals surface area contributed by atoms with Crippen molar-refractivity contribution >= 4 is 27.8 Å². The molecule has 0 N–H and O–H groups in total. The largest absolute Gasteiger partial charge is 0.293 e. The van der Waals surface area contributed by atoms with Crippen LogP contribution in [0, 0.1) is 6.92 Å². The summed E-state index contributed by atoms with van der Waals surface area (Å²) in [5.41, 5.74) is 4.54. The van der Waals surface area contributed by atoms with E-state index < -0.39 is 4.32 Å². The summed E-state index contributed by atoms with van der Waals surface area (Å²) in [4.78, 5) is 12.4. The molecule has 2 aromatic rings. The van der Waals surface area contributed by atoms with Gasteiger partial charge in [0.05, 0.1) is 0 Å². The zero-order valence-corrected chi connectivity index (χ0v) is 12.9. The summed E-state index contributed by atoms with van der Waals surface area (Å²) in [5, 5.41) is 0. The lowest BCUT2D eigenvalue weighted by Gasteiger charge is -2.30. The lowest BCUT2D eigenvalue weighted by atomic mass is 9.82. The molecule has 0 aliphatic heterocycles. The van der Waals surface area contributed by atoms with Crippen LogP contribution in [-0.2, 0) is 15.5 Å². The lowest BCUT2D eigenvalue weighted by molar-refractivity contribution is -0.116. The van der Waals surface area contributed by atoms with E-state index in [1.54, 1.807) is 6.08 Å². The minimum atomic E-state index is -0.645. The molecule has 0 saturated carbocycles. The Balaban J connectivity index is 2.04. The molecule has 1 nitrogen and oxygen atoms in total. The van der Waals surface area contributed by atoms with Gasteiger partial charge in [-0.1, -0.05) is 76.1 Å². The smallest absolute Gasteiger partial charge is 0.177 e. The van der Waals surface area contributed by atoms with Gasteiger partial charge in [0, 0.05) is 0 Å². The summed E-state index contributed by atoms with van der Waals surface area (Å²) >= 11 is 3.71. The molecule has 2 aromatic carbocycles. The number of aryl methyl sites for hydroxylation is 1. The Labute approximate surface area is 127 Å². The van der Waals surface area contributed by atoms with E-state index in [9.17, 15) is 4.79 Å². The summed E-state index contributed by atoms with van der Waals surface area (Å²) in [5.74, 6) is 0.108. The first kappa shape index (κ1) is 13.3. The molecule has 1 unspecified atom stereocenters. The molecule has 0 bridgehead atoms. The van der Waals surface area contributed by atoms with Crippen molar-refractivity contribution in [3.63, 3.8) is 0 Å². The molecule has 0 saturated heterocycles. The van der Waals surface area contributed by atoms with Gasteiger partial charge in [-0.3, -0.25) is 4.79 Å². The van der Waals surface area contributed by atoms with E-state index >= 15 is 0 Å². The fourth-order valence-corrected chi connectivity index (χ4v) is 3.42. The molecule has 100 valence electrons. The average molecular weight is 327 g/mol. The quantitative estimate of drug-likeness (QED) is 0.746. The predicted molar refractivity (Wildman–Crippen MR) is 86.0 cm³/mol. The van der Waals surface area contributed by atoms with Crippen LogP contribution in [0.1, 0.15) is 22.3 Å². The van der Waals surface area contributed by atoms with Crippen molar-refractivity contribution in [3.05, 3.63) is 76.9 Å². The van der Waals surface area contributed by atoms with Gasteiger partial charge >= 0.3 is 0 Å². The number of carbonyl (C=O) groups excluding carboxylic acids is 1. The van der Waals surface area contributed by atoms with E-state index in [4.69, 9.17) is 0 Å². The van der Waals surface area contributed by atoms with Crippen molar-refractivity contribution in [2.24, 2.45) is 0 Å². The first-order valence-corrected chi connectivity index (χ1v) is 7.45. The fourth-order valence-electron chi connectivity index (χ4n) is 2.60. The van der Waals surface area contributed by atoms with Crippen LogP contribution in [0.5, 0.6) is 0 Å². The second-order valence-electron chi connectivity index (χ2n) is 5.25. The SMILES string of the molecule is Cc1ccc(CC2(Br)C(=O)C=Cc3ccccc32)cc1. The molecule has 3 rings (SSSR count). The van der Waals surface area contributed by atoms with Crippen LogP contribution in [0.4, 0.5) is 0 Å². The van der Waals surface area contributed by atoms with Gasteiger partial charge in [0.1, 0.15) is 4.32 Å². The second-order valence-corrected chi connectivity index (χ2v) is 6.60. The Hall–Kier alpha value is -1.67. The Morgan fingerprint density at radius 2 is 1.70 bits per heavy atom. The van der Waals surface area contributed by atoms with Crippen molar-refractivity contribution in [1.82, 2.24) is 0 Å². The van der Waals surface area contributed by atoms with Gasteiger partial charge in [0.15, 0.2) is 5.78 Å². The number of carbonyl (C=O) groups is 1. The third-order valence-electron chi connectivity index (χ3n) is 3.76. The van der Waals surface area contributed by atoms with Crippen LogP contribution < -0.4 is 0 Å². The maximum absolute atomic E-state index is 12.4. The Morgan fingerprint density at radius 3 is 2.45 bits per heavy atom. The lowest BCUT2D eigenvalue weighted by Crippen LogP contribution is -2.33. The highest BCUT2D eigenvalue weighted by Crippen LogP contribution is 2.41. The minimum Gasteiger partial charge on any atom is -0.293 e. The van der Waals surface area contributed by atoms with Crippen LogP contribution in [0.25, 0.3) is 6.08 Å². The number of benzene rings is 2. The third-order valence-corrected chi connectivity index (χ3v) is 4.86. The molecule has 0 heterocycles. The molecule has 2 heteroatoms. The molecule has 20 heavy (non-hydrogen) atoms. The predicted octanol–water partition coefficient (Wildman–Crippen LogP) is 4.42. The summed E-state index contributed by atoms with van der Waals surface area (Å²) < 4.78 is -0.645. The molecule has 1 aliphatic rings. The molecule has 0 spiro atoms. The minimum absolute atomic E-state index is 0.108. The Kier molecular flexibility index (Phi) is 3.35. The normalized spacial score (nSPS) is 20.8. The van der Waals surface area contributed by atoms with Crippen LogP contribution in [0.15, 0.2) is 54.6 Å². The van der Waals surface area contributed by atoms with E-state index in [0.29, 0.717) is 6.42 Å². The maximum atomic E-state index is 12.4. The van der Waals surface area contributed by atoms with Gasteiger partial charge in [-0.2, -0.15) is 0 Å². The van der Waals surface area contributed by atoms with Crippen LogP contribution in [0.3, 0.4) is 0 Å². The number of rotatable bonds is 2. The van der Waals surface area contributed by atoms with Gasteiger partial charge in [0.2, 0.25) is 0 Å². The number of allylic oxidation sites excluding steroid dienone is 1. The first-order chi connectivity index (χ1) is 9.59. The number of ketones is 1. The van der Waals surface area contributed by atoms with Crippen LogP contribution >= 0.6 is 15.9 Å². The van der Waals surface area contributed by atoms with E-state index in [2.05, 4.69) is 47.1 Å². The maximum Gasteiger partial charge on any atom is 0.177 e. The summed E-state index contributed by atoms with van der Waals surface area (Å²) in [6, 6.07) is 16.4.